The second-order valence-electron chi connectivity index (χ2n) is 5.39. The number of ether oxygens (including phenoxy) is 1. The molecule has 0 unspecified atom stereocenters. The third-order valence-electron chi connectivity index (χ3n) is 3.80. The molecule has 1 fully saturated rings. The molecule has 1 saturated heterocycles. The van der Waals surface area contributed by atoms with Crippen molar-refractivity contribution in [1.82, 2.24) is 15.6 Å². The van der Waals surface area contributed by atoms with Crippen molar-refractivity contribution >= 4 is 35.3 Å². The Morgan fingerprint density at radius 3 is 2.75 bits per heavy atom. The first kappa shape index (κ1) is 14.5. The number of carbonyl (C=O) groups is 2. The molecule has 1 aromatic heterocycles. The monoisotopic (exact) mass is 337 g/mol. The zero-order chi connectivity index (χ0) is 16.7. The van der Waals surface area contributed by atoms with E-state index >= 15 is 0 Å². The van der Waals surface area contributed by atoms with Gasteiger partial charge in [0.2, 0.25) is 0 Å². The van der Waals surface area contributed by atoms with Crippen LogP contribution in [-0.2, 0) is 16.1 Å². The molecule has 2 aliphatic heterocycles. The molecule has 0 saturated carbocycles. The van der Waals surface area contributed by atoms with E-state index in [1.165, 1.54) is 0 Å². The zero-order valence-corrected chi connectivity index (χ0v) is 13.1. The molecule has 0 bridgehead atoms. The number of fused-ring (bicyclic) bond motifs is 1. The van der Waals surface area contributed by atoms with Crippen molar-refractivity contribution in [3.05, 3.63) is 58.9 Å². The number of carbonyl (C=O) groups excluding carboxylic acids is 2. The van der Waals surface area contributed by atoms with Crippen molar-refractivity contribution in [1.29, 1.82) is 0 Å². The van der Waals surface area contributed by atoms with Crippen LogP contribution in [0.5, 0.6) is 0 Å². The Bertz CT molecular complexity index is 919. The van der Waals surface area contributed by atoms with Gasteiger partial charge in [0.1, 0.15) is 12.3 Å². The Balaban J connectivity index is 1.61. The Morgan fingerprint density at radius 2 is 2.04 bits per heavy atom. The van der Waals surface area contributed by atoms with Crippen LogP contribution in [-0.4, -0.2) is 22.0 Å². The smallest absolute Gasteiger partial charge is 0.338 e. The van der Waals surface area contributed by atoms with Gasteiger partial charge in [-0.05, 0) is 42.1 Å². The number of aromatic nitrogens is 1. The van der Waals surface area contributed by atoms with Crippen molar-refractivity contribution in [3.8, 4) is 11.3 Å². The number of nitrogens with zero attached hydrogens (tertiary/aromatic N) is 1. The molecule has 0 atom stereocenters. The molecule has 118 valence electrons. The molecule has 7 heteroatoms. The molecule has 0 aliphatic carbocycles. The largest absolute Gasteiger partial charge is 0.457 e. The van der Waals surface area contributed by atoms with E-state index in [1.807, 2.05) is 24.3 Å². The van der Waals surface area contributed by atoms with Crippen LogP contribution in [0.3, 0.4) is 0 Å². The minimum atomic E-state index is -0.285. The predicted molar refractivity (Wildman–Crippen MR) is 90.6 cm³/mol. The highest BCUT2D eigenvalue weighted by Crippen LogP contribution is 2.26. The number of rotatable bonds is 2. The number of hydrogen-bond donors (Lipinski definition) is 2. The lowest BCUT2D eigenvalue weighted by molar-refractivity contribution is -0.115. The number of hydrogen-bond acceptors (Lipinski definition) is 5. The standard InChI is InChI=1S/C17H11N3O3S/c21-15-14(19-17(24)20-15)5-9-1-4-13(18-7-9)10-2-3-12-11(6-10)8-23-16(12)22/h1-7H,8H2,(H2,19,20,21,24)/b14-5+. The summed E-state index contributed by atoms with van der Waals surface area (Å²) < 4.78 is 5.00. The van der Waals surface area contributed by atoms with E-state index in [1.54, 1.807) is 18.3 Å². The second kappa shape index (κ2) is 5.54. The summed E-state index contributed by atoms with van der Waals surface area (Å²) in [7, 11) is 0. The molecule has 2 aromatic rings. The topological polar surface area (TPSA) is 80.3 Å². The molecule has 1 amide bonds. The first-order valence-electron chi connectivity index (χ1n) is 7.21. The molecular weight excluding hydrogens is 326 g/mol. The minimum absolute atomic E-state index is 0.257. The average molecular weight is 337 g/mol. The quantitative estimate of drug-likeness (QED) is 0.494. The van der Waals surface area contributed by atoms with Crippen LogP contribution in [0.4, 0.5) is 0 Å². The summed E-state index contributed by atoms with van der Waals surface area (Å²) in [4.78, 5) is 27.5. The van der Waals surface area contributed by atoms with Crippen molar-refractivity contribution in [2.45, 2.75) is 6.61 Å². The van der Waals surface area contributed by atoms with Gasteiger partial charge in [-0.1, -0.05) is 12.1 Å². The molecule has 4 rings (SSSR count). The molecular formula is C17H11N3O3S. The maximum Gasteiger partial charge on any atom is 0.338 e. The molecule has 24 heavy (non-hydrogen) atoms. The van der Waals surface area contributed by atoms with Crippen LogP contribution >= 0.6 is 12.2 Å². The average Bonchev–Trinajstić information content (AvgIpc) is 3.10. The summed E-state index contributed by atoms with van der Waals surface area (Å²) >= 11 is 4.89. The highest BCUT2D eigenvalue weighted by molar-refractivity contribution is 7.80. The number of thiocarbonyl (C=S) groups is 1. The summed E-state index contributed by atoms with van der Waals surface area (Å²) in [5, 5.41) is 5.59. The first-order chi connectivity index (χ1) is 11.6. The van der Waals surface area contributed by atoms with Gasteiger partial charge in [-0.2, -0.15) is 0 Å². The predicted octanol–water partition coefficient (Wildman–Crippen LogP) is 1.76. The lowest BCUT2D eigenvalue weighted by Crippen LogP contribution is -2.21. The first-order valence-corrected chi connectivity index (χ1v) is 7.61. The Morgan fingerprint density at radius 1 is 1.17 bits per heavy atom. The number of amides is 1. The molecule has 2 aliphatic rings. The minimum Gasteiger partial charge on any atom is -0.457 e. The van der Waals surface area contributed by atoms with E-state index in [9.17, 15) is 9.59 Å². The summed E-state index contributed by atoms with van der Waals surface area (Å²) in [5.74, 6) is -0.542. The number of benzene rings is 1. The van der Waals surface area contributed by atoms with Gasteiger partial charge >= 0.3 is 5.97 Å². The van der Waals surface area contributed by atoms with Crippen LogP contribution in [0.1, 0.15) is 21.5 Å². The van der Waals surface area contributed by atoms with Gasteiger partial charge in [0.25, 0.3) is 5.91 Å². The fourth-order valence-electron chi connectivity index (χ4n) is 2.60. The number of nitrogens with one attached hydrogen (secondary N) is 2. The van der Waals surface area contributed by atoms with Crippen molar-refractivity contribution in [3.63, 3.8) is 0 Å². The van der Waals surface area contributed by atoms with Gasteiger partial charge in [0, 0.05) is 17.3 Å². The Hall–Kier alpha value is -3.06. The van der Waals surface area contributed by atoms with Crippen molar-refractivity contribution in [2.24, 2.45) is 0 Å². The molecule has 1 aromatic carbocycles. The third-order valence-corrected chi connectivity index (χ3v) is 4.00. The fraction of sp³-hybridized carbons (Fsp3) is 0.0588. The Labute approximate surface area is 142 Å². The van der Waals surface area contributed by atoms with Crippen LogP contribution in [0.15, 0.2) is 42.2 Å². The van der Waals surface area contributed by atoms with E-state index in [2.05, 4.69) is 15.6 Å². The SMILES string of the molecule is O=C1NC(=S)N/C1=C/c1ccc(-c2ccc3c(c2)COC3=O)nc1. The maximum atomic E-state index is 11.6. The summed E-state index contributed by atoms with van der Waals surface area (Å²) in [6.45, 7) is 0.298. The number of esters is 1. The second-order valence-corrected chi connectivity index (χ2v) is 5.80. The van der Waals surface area contributed by atoms with Crippen LogP contribution in [0.25, 0.3) is 17.3 Å². The van der Waals surface area contributed by atoms with E-state index in [0.717, 1.165) is 22.4 Å². The molecule has 0 spiro atoms. The highest BCUT2D eigenvalue weighted by Gasteiger charge is 2.21. The van der Waals surface area contributed by atoms with Gasteiger partial charge in [0.05, 0.1) is 11.3 Å². The summed E-state index contributed by atoms with van der Waals surface area (Å²) in [6, 6.07) is 9.23. The normalized spacial score (nSPS) is 17.5. The van der Waals surface area contributed by atoms with E-state index in [0.29, 0.717) is 23.0 Å². The van der Waals surface area contributed by atoms with Gasteiger partial charge in [-0.15, -0.1) is 0 Å². The lowest BCUT2D eigenvalue weighted by atomic mass is 10.0. The van der Waals surface area contributed by atoms with Gasteiger partial charge < -0.3 is 10.1 Å². The fourth-order valence-corrected chi connectivity index (χ4v) is 2.81. The summed E-state index contributed by atoms with van der Waals surface area (Å²) in [5.41, 5.74) is 4.33. The number of pyridine rings is 1. The van der Waals surface area contributed by atoms with Crippen molar-refractivity contribution < 1.29 is 14.3 Å². The highest BCUT2D eigenvalue weighted by atomic mass is 32.1. The summed E-state index contributed by atoms with van der Waals surface area (Å²) in [6.07, 6.45) is 3.36. The number of cyclic esters (lactones) is 1. The van der Waals surface area contributed by atoms with Gasteiger partial charge in [-0.3, -0.25) is 15.1 Å². The van der Waals surface area contributed by atoms with Crippen LogP contribution in [0, 0.1) is 0 Å². The van der Waals surface area contributed by atoms with E-state index < -0.39 is 0 Å². The van der Waals surface area contributed by atoms with Crippen molar-refractivity contribution in [2.75, 3.05) is 0 Å². The van der Waals surface area contributed by atoms with Crippen LogP contribution < -0.4 is 10.6 Å². The van der Waals surface area contributed by atoms with Gasteiger partial charge in [0.15, 0.2) is 5.11 Å². The van der Waals surface area contributed by atoms with Gasteiger partial charge in [-0.25, -0.2) is 4.79 Å². The molecule has 2 N–H and O–H groups in total. The van der Waals surface area contributed by atoms with E-state index in [-0.39, 0.29) is 11.9 Å². The Kier molecular flexibility index (Phi) is 3.35. The van der Waals surface area contributed by atoms with E-state index in [4.69, 9.17) is 17.0 Å². The molecule has 3 heterocycles. The molecule has 0 radical (unpaired) electrons. The zero-order valence-electron chi connectivity index (χ0n) is 12.3. The maximum absolute atomic E-state index is 11.6. The molecule has 6 nitrogen and oxygen atoms in total. The third kappa shape index (κ3) is 2.55. The van der Waals surface area contributed by atoms with Crippen LogP contribution in [0.2, 0.25) is 0 Å². The lowest BCUT2D eigenvalue weighted by Gasteiger charge is -2.03.